The predicted octanol–water partition coefficient (Wildman–Crippen LogP) is 2.45. The molecule has 10 heavy (non-hydrogen) atoms. The molecular weight excluding hydrogens is 146 g/mol. The fourth-order valence-electron chi connectivity index (χ4n) is 1.71. The molecule has 1 aliphatic heterocycles. The Balaban J connectivity index is 2.45. The first-order valence-corrected chi connectivity index (χ1v) is 4.61. The van der Waals surface area contributed by atoms with Crippen molar-refractivity contribution < 1.29 is 0 Å². The van der Waals surface area contributed by atoms with Crippen LogP contribution < -0.4 is 0 Å². The Morgan fingerprint density at radius 3 is 2.10 bits per heavy atom. The zero-order valence-electron chi connectivity index (χ0n) is 6.81. The number of likely N-dealkylation sites (tertiary alicyclic amines) is 1. The summed E-state index contributed by atoms with van der Waals surface area (Å²) in [4.78, 5) is 2.37. The average Bonchev–Trinajstić information content (AvgIpc) is 1.88. The summed E-state index contributed by atoms with van der Waals surface area (Å²) in [5, 5.41) is 0. The van der Waals surface area contributed by atoms with Crippen LogP contribution in [0.15, 0.2) is 0 Å². The summed E-state index contributed by atoms with van der Waals surface area (Å²) < 4.78 is 0. The Morgan fingerprint density at radius 2 is 1.80 bits per heavy atom. The molecule has 0 spiro atoms. The lowest BCUT2D eigenvalue weighted by molar-refractivity contribution is 0.128. The van der Waals surface area contributed by atoms with Crippen LogP contribution in [0.2, 0.25) is 0 Å². The molecule has 0 bridgehead atoms. The molecule has 1 fully saturated rings. The van der Waals surface area contributed by atoms with E-state index in [2.05, 4.69) is 18.7 Å². The molecule has 0 amide bonds. The number of alkyl halides is 1. The molecule has 0 aromatic carbocycles. The monoisotopic (exact) mass is 161 g/mol. The molecule has 0 saturated carbocycles. The lowest BCUT2D eigenvalue weighted by atomic mass is 9.99. The van der Waals surface area contributed by atoms with Gasteiger partial charge in [0.05, 0.1) is 6.00 Å². The highest BCUT2D eigenvalue weighted by Crippen LogP contribution is 2.22. The average molecular weight is 162 g/mol. The van der Waals surface area contributed by atoms with Gasteiger partial charge >= 0.3 is 0 Å². The van der Waals surface area contributed by atoms with Crippen LogP contribution in [0.25, 0.3) is 0 Å². The van der Waals surface area contributed by atoms with Crippen LogP contribution in [0, 0.1) is 0 Å². The smallest absolute Gasteiger partial charge is 0.0743 e. The zero-order valence-corrected chi connectivity index (χ0v) is 7.56. The molecule has 1 heterocycles. The first kappa shape index (κ1) is 8.35. The molecule has 2 unspecified atom stereocenters. The van der Waals surface area contributed by atoms with Crippen LogP contribution in [-0.2, 0) is 0 Å². The second kappa shape index (κ2) is 3.59. The number of hydrogen-bond acceptors (Lipinski definition) is 1. The van der Waals surface area contributed by atoms with E-state index in [1.165, 1.54) is 19.3 Å². The first-order valence-electron chi connectivity index (χ1n) is 4.07. The van der Waals surface area contributed by atoms with Gasteiger partial charge in [-0.1, -0.05) is 6.42 Å². The topological polar surface area (TPSA) is 3.24 Å². The number of piperidine rings is 1. The molecule has 1 nitrogen and oxygen atoms in total. The van der Waals surface area contributed by atoms with Crippen molar-refractivity contribution in [3.63, 3.8) is 0 Å². The summed E-state index contributed by atoms with van der Waals surface area (Å²) in [5.41, 5.74) is 0. The van der Waals surface area contributed by atoms with Gasteiger partial charge in [0.1, 0.15) is 0 Å². The van der Waals surface area contributed by atoms with E-state index < -0.39 is 0 Å². The van der Waals surface area contributed by atoms with E-state index >= 15 is 0 Å². The van der Waals surface area contributed by atoms with Gasteiger partial charge in [0, 0.05) is 12.1 Å². The summed E-state index contributed by atoms with van der Waals surface area (Å²) in [7, 11) is 0. The van der Waals surface area contributed by atoms with Crippen LogP contribution in [0.3, 0.4) is 0 Å². The van der Waals surface area contributed by atoms with Crippen molar-refractivity contribution in [3.8, 4) is 0 Å². The van der Waals surface area contributed by atoms with E-state index in [4.69, 9.17) is 11.6 Å². The Labute approximate surface area is 68.4 Å². The fourth-order valence-corrected chi connectivity index (χ4v) is 2.18. The Hall–Kier alpha value is 0.250. The lowest BCUT2D eigenvalue weighted by Crippen LogP contribution is -2.42. The summed E-state index contributed by atoms with van der Waals surface area (Å²) in [6.45, 7) is 4.52. The van der Waals surface area contributed by atoms with Crippen molar-refractivity contribution in [1.82, 2.24) is 4.90 Å². The minimum Gasteiger partial charge on any atom is -0.285 e. The second-order valence-corrected chi connectivity index (χ2v) is 3.50. The molecule has 2 heteroatoms. The number of nitrogens with zero attached hydrogens (tertiary/aromatic N) is 1. The molecule has 1 aliphatic rings. The normalized spacial score (nSPS) is 36.3. The third-order valence-electron chi connectivity index (χ3n) is 2.51. The fraction of sp³-hybridized carbons (Fsp3) is 1.00. The van der Waals surface area contributed by atoms with Gasteiger partial charge in [0.2, 0.25) is 0 Å². The minimum absolute atomic E-state index is 0.696. The molecule has 0 aromatic rings. The van der Waals surface area contributed by atoms with Gasteiger partial charge in [0.15, 0.2) is 0 Å². The van der Waals surface area contributed by atoms with Crippen molar-refractivity contribution in [1.29, 1.82) is 0 Å². The van der Waals surface area contributed by atoms with E-state index in [0.29, 0.717) is 18.1 Å². The SMILES string of the molecule is CC1CCCC(C)N1CCl. The molecule has 0 aliphatic carbocycles. The summed E-state index contributed by atoms with van der Waals surface area (Å²) in [6, 6.07) is 2.09. The van der Waals surface area contributed by atoms with Crippen molar-refractivity contribution >= 4 is 11.6 Å². The van der Waals surface area contributed by atoms with Crippen LogP contribution in [-0.4, -0.2) is 23.0 Å². The summed E-state index contributed by atoms with van der Waals surface area (Å²) in [6.07, 6.45) is 4.00. The minimum atomic E-state index is 0.696. The standard InChI is InChI=1S/C8H16ClN/c1-7-4-3-5-8(2)10(7)6-9/h7-8H,3-6H2,1-2H3. The van der Waals surface area contributed by atoms with Gasteiger partial charge in [-0.05, 0) is 26.7 Å². The molecule has 1 saturated heterocycles. The van der Waals surface area contributed by atoms with E-state index in [1.54, 1.807) is 0 Å². The van der Waals surface area contributed by atoms with Crippen molar-refractivity contribution in [2.45, 2.75) is 45.2 Å². The molecular formula is C8H16ClN. The molecule has 60 valence electrons. The molecule has 0 radical (unpaired) electrons. The number of halogens is 1. The summed E-state index contributed by atoms with van der Waals surface area (Å²) in [5.74, 6) is 0. The zero-order chi connectivity index (χ0) is 7.56. The second-order valence-electron chi connectivity index (χ2n) is 3.26. The summed E-state index contributed by atoms with van der Waals surface area (Å²) >= 11 is 5.80. The number of rotatable bonds is 1. The van der Waals surface area contributed by atoms with Crippen LogP contribution >= 0.6 is 11.6 Å². The van der Waals surface area contributed by atoms with Gasteiger partial charge in [-0.15, -0.1) is 11.6 Å². The molecule has 2 atom stereocenters. The van der Waals surface area contributed by atoms with E-state index in [1.807, 2.05) is 0 Å². The molecule has 1 rings (SSSR count). The maximum atomic E-state index is 5.80. The third-order valence-corrected chi connectivity index (χ3v) is 2.79. The van der Waals surface area contributed by atoms with Crippen LogP contribution in [0.4, 0.5) is 0 Å². The Bertz CT molecular complexity index is 95.4. The van der Waals surface area contributed by atoms with Crippen molar-refractivity contribution in [2.24, 2.45) is 0 Å². The first-order chi connectivity index (χ1) is 4.75. The largest absolute Gasteiger partial charge is 0.285 e. The highest BCUT2D eigenvalue weighted by Gasteiger charge is 2.22. The highest BCUT2D eigenvalue weighted by atomic mass is 35.5. The number of hydrogen-bond donors (Lipinski definition) is 0. The van der Waals surface area contributed by atoms with Gasteiger partial charge in [-0.3, -0.25) is 4.90 Å². The molecule has 0 N–H and O–H groups in total. The highest BCUT2D eigenvalue weighted by molar-refractivity contribution is 6.17. The van der Waals surface area contributed by atoms with Crippen molar-refractivity contribution in [2.75, 3.05) is 6.00 Å². The maximum absolute atomic E-state index is 5.80. The quantitative estimate of drug-likeness (QED) is 0.422. The maximum Gasteiger partial charge on any atom is 0.0743 e. The van der Waals surface area contributed by atoms with E-state index in [0.717, 1.165) is 0 Å². The Kier molecular flexibility index (Phi) is 2.99. The van der Waals surface area contributed by atoms with Gasteiger partial charge in [-0.25, -0.2) is 0 Å². The lowest BCUT2D eigenvalue weighted by Gasteiger charge is -2.37. The van der Waals surface area contributed by atoms with Crippen LogP contribution in [0.5, 0.6) is 0 Å². The predicted molar refractivity (Wildman–Crippen MR) is 45.3 cm³/mol. The van der Waals surface area contributed by atoms with E-state index in [-0.39, 0.29) is 0 Å². The third kappa shape index (κ3) is 1.64. The van der Waals surface area contributed by atoms with Crippen molar-refractivity contribution in [3.05, 3.63) is 0 Å². The Morgan fingerprint density at radius 1 is 1.30 bits per heavy atom. The van der Waals surface area contributed by atoms with Gasteiger partial charge in [0.25, 0.3) is 0 Å². The molecule has 0 aromatic heterocycles. The van der Waals surface area contributed by atoms with Crippen LogP contribution in [0.1, 0.15) is 33.1 Å². The van der Waals surface area contributed by atoms with Gasteiger partial charge < -0.3 is 0 Å². The van der Waals surface area contributed by atoms with E-state index in [9.17, 15) is 0 Å². The van der Waals surface area contributed by atoms with Gasteiger partial charge in [-0.2, -0.15) is 0 Å².